The van der Waals surface area contributed by atoms with E-state index in [0.29, 0.717) is 21.6 Å². The number of hydrogen-bond donors (Lipinski definition) is 0. The minimum atomic E-state index is -0.103. The van der Waals surface area contributed by atoms with Crippen molar-refractivity contribution in [2.45, 2.75) is 109 Å². The Labute approximate surface area is 149 Å². The molecule has 0 fully saturated rings. The number of allylic oxidation sites excluding steroid dienone is 4. The van der Waals surface area contributed by atoms with Crippen LogP contribution in [0.2, 0.25) is 0 Å². The van der Waals surface area contributed by atoms with Crippen LogP contribution in [0, 0.1) is 0 Å². The van der Waals surface area contributed by atoms with Gasteiger partial charge in [-0.3, -0.25) is 0 Å². The quantitative estimate of drug-likeness (QED) is 0.445. The molecule has 2 atom stereocenters. The average Bonchev–Trinajstić information content (AvgIpc) is 2.72. The van der Waals surface area contributed by atoms with Crippen LogP contribution in [-0.2, 0) is 0 Å². The van der Waals surface area contributed by atoms with Crippen LogP contribution in [0.4, 0.5) is 0 Å². The lowest BCUT2D eigenvalue weighted by molar-refractivity contribution is 0.693. The lowest BCUT2D eigenvalue weighted by atomic mass is 10.1. The summed E-state index contributed by atoms with van der Waals surface area (Å²) in [6.45, 7) is 26.9. The molecule has 0 N–H and O–H groups in total. The molecular formula is C21H40P2. The molecule has 0 aromatic heterocycles. The molecule has 2 heteroatoms. The summed E-state index contributed by atoms with van der Waals surface area (Å²) in [6, 6.07) is 0. The number of rotatable bonds is 5. The van der Waals surface area contributed by atoms with Crippen molar-refractivity contribution in [3.63, 3.8) is 0 Å². The summed E-state index contributed by atoms with van der Waals surface area (Å²) >= 11 is 0. The van der Waals surface area contributed by atoms with E-state index in [4.69, 9.17) is 0 Å². The molecule has 0 aliphatic heterocycles. The SMILES string of the molecule is CC(C)P(C(C)C)C1C=CC=C1C(C)P(C(C)(C)C)C(C)(C)C. The topological polar surface area (TPSA) is 0 Å². The molecule has 0 bridgehead atoms. The van der Waals surface area contributed by atoms with Crippen molar-refractivity contribution in [3.05, 3.63) is 23.8 Å². The van der Waals surface area contributed by atoms with E-state index in [2.05, 4.69) is 94.4 Å². The third kappa shape index (κ3) is 5.16. The van der Waals surface area contributed by atoms with Gasteiger partial charge in [0.05, 0.1) is 0 Å². The highest BCUT2D eigenvalue weighted by molar-refractivity contribution is 7.62. The maximum Gasteiger partial charge on any atom is 0.0197 e. The normalized spacial score (nSPS) is 21.0. The highest BCUT2D eigenvalue weighted by atomic mass is 31.1. The summed E-state index contributed by atoms with van der Waals surface area (Å²) in [7, 11) is -0.0956. The van der Waals surface area contributed by atoms with Gasteiger partial charge in [0, 0.05) is 5.66 Å². The van der Waals surface area contributed by atoms with E-state index >= 15 is 0 Å². The Kier molecular flexibility index (Phi) is 7.16. The van der Waals surface area contributed by atoms with Crippen molar-refractivity contribution in [3.8, 4) is 0 Å². The standard InChI is InChI=1S/C21H40P2/c1-15(2)22(16(3)4)19-14-12-13-18(19)17(5)23(20(6,7)8)21(9,10)11/h12-17,19H,1-11H3. The van der Waals surface area contributed by atoms with Gasteiger partial charge in [0.15, 0.2) is 0 Å². The molecule has 0 radical (unpaired) electrons. The van der Waals surface area contributed by atoms with Crippen LogP contribution in [0.25, 0.3) is 0 Å². The summed E-state index contributed by atoms with van der Waals surface area (Å²) in [4.78, 5) is 0. The lowest BCUT2D eigenvalue weighted by Crippen LogP contribution is -2.33. The molecular weight excluding hydrogens is 314 g/mol. The molecule has 0 aromatic carbocycles. The molecule has 0 amide bonds. The maximum atomic E-state index is 2.52. The van der Waals surface area contributed by atoms with Crippen LogP contribution in [-0.4, -0.2) is 32.9 Å². The molecule has 0 saturated heterocycles. The van der Waals surface area contributed by atoms with Crippen molar-refractivity contribution in [2.75, 3.05) is 0 Å². The summed E-state index contributed by atoms with van der Waals surface area (Å²) in [5, 5.41) is 0.777. The first-order valence-corrected chi connectivity index (χ1v) is 12.2. The van der Waals surface area contributed by atoms with Crippen LogP contribution in [0.3, 0.4) is 0 Å². The third-order valence-corrected chi connectivity index (χ3v) is 12.2. The summed E-state index contributed by atoms with van der Waals surface area (Å²) in [6.07, 6.45) is 7.31. The van der Waals surface area contributed by atoms with Crippen LogP contribution in [0.1, 0.15) is 76.2 Å². The third-order valence-electron chi connectivity index (χ3n) is 4.75. The molecule has 0 heterocycles. The minimum absolute atomic E-state index is 0.00725. The van der Waals surface area contributed by atoms with Gasteiger partial charge in [0.2, 0.25) is 0 Å². The lowest BCUT2D eigenvalue weighted by Gasteiger charge is -2.47. The highest BCUT2D eigenvalue weighted by Gasteiger charge is 2.42. The van der Waals surface area contributed by atoms with Crippen LogP contribution in [0.15, 0.2) is 23.8 Å². The van der Waals surface area contributed by atoms with E-state index < -0.39 is 0 Å². The fourth-order valence-electron chi connectivity index (χ4n) is 4.70. The number of hydrogen-bond acceptors (Lipinski definition) is 0. The van der Waals surface area contributed by atoms with E-state index in [1.165, 1.54) is 0 Å². The molecule has 23 heavy (non-hydrogen) atoms. The first-order valence-electron chi connectivity index (χ1n) is 9.23. The first kappa shape index (κ1) is 21.4. The van der Waals surface area contributed by atoms with E-state index in [9.17, 15) is 0 Å². The second kappa shape index (κ2) is 7.70. The van der Waals surface area contributed by atoms with Gasteiger partial charge in [0.1, 0.15) is 0 Å². The van der Waals surface area contributed by atoms with Gasteiger partial charge < -0.3 is 0 Å². The molecule has 0 saturated carbocycles. The first-order chi connectivity index (χ1) is 10.3. The van der Waals surface area contributed by atoms with Crippen molar-refractivity contribution in [1.82, 2.24) is 0 Å². The van der Waals surface area contributed by atoms with Gasteiger partial charge in [-0.05, 0) is 27.3 Å². The van der Waals surface area contributed by atoms with Crippen molar-refractivity contribution < 1.29 is 0 Å². The predicted molar refractivity (Wildman–Crippen MR) is 114 cm³/mol. The highest BCUT2D eigenvalue weighted by Crippen LogP contribution is 2.66. The Morgan fingerprint density at radius 2 is 1.26 bits per heavy atom. The predicted octanol–water partition coefficient (Wildman–Crippen LogP) is 7.62. The fraction of sp³-hybridized carbons (Fsp3) is 0.810. The average molecular weight is 354 g/mol. The zero-order valence-electron chi connectivity index (χ0n) is 17.4. The monoisotopic (exact) mass is 354 g/mol. The molecule has 0 aromatic rings. The van der Waals surface area contributed by atoms with E-state index in [1.807, 2.05) is 0 Å². The molecule has 1 aliphatic carbocycles. The van der Waals surface area contributed by atoms with Gasteiger partial charge in [-0.2, -0.15) is 0 Å². The summed E-state index contributed by atoms with van der Waals surface area (Å²) in [5.41, 5.74) is 4.73. The summed E-state index contributed by atoms with van der Waals surface area (Å²) < 4.78 is 0. The molecule has 2 unspecified atom stereocenters. The van der Waals surface area contributed by atoms with Gasteiger partial charge in [-0.15, -0.1) is 0 Å². The van der Waals surface area contributed by atoms with Crippen molar-refractivity contribution in [1.29, 1.82) is 0 Å². The minimum Gasteiger partial charge on any atom is -0.0901 e. The van der Waals surface area contributed by atoms with Crippen LogP contribution in [0.5, 0.6) is 0 Å². The van der Waals surface area contributed by atoms with Gasteiger partial charge in [-0.1, -0.05) is 116 Å². The zero-order valence-corrected chi connectivity index (χ0v) is 19.2. The maximum absolute atomic E-state index is 2.52. The van der Waals surface area contributed by atoms with Gasteiger partial charge in [-0.25, -0.2) is 0 Å². The zero-order chi connectivity index (χ0) is 18.2. The fourth-order valence-corrected chi connectivity index (χ4v) is 13.1. The van der Waals surface area contributed by atoms with Crippen molar-refractivity contribution in [2.24, 2.45) is 0 Å². The molecule has 1 rings (SSSR count). The van der Waals surface area contributed by atoms with Crippen LogP contribution < -0.4 is 0 Å². The van der Waals surface area contributed by atoms with Crippen LogP contribution >= 0.6 is 15.8 Å². The Morgan fingerprint density at radius 1 is 0.826 bits per heavy atom. The van der Waals surface area contributed by atoms with E-state index in [-0.39, 0.29) is 15.8 Å². The van der Waals surface area contributed by atoms with E-state index in [0.717, 1.165) is 11.3 Å². The molecule has 1 aliphatic rings. The Hall–Kier alpha value is 0.340. The van der Waals surface area contributed by atoms with E-state index in [1.54, 1.807) is 5.57 Å². The second-order valence-corrected chi connectivity index (χ2v) is 17.2. The second-order valence-electron chi connectivity index (χ2n) is 9.52. The largest absolute Gasteiger partial charge is 0.0901 e. The Morgan fingerprint density at radius 3 is 1.61 bits per heavy atom. The van der Waals surface area contributed by atoms with Gasteiger partial charge in [0.25, 0.3) is 0 Å². The molecule has 0 nitrogen and oxygen atoms in total. The smallest absolute Gasteiger partial charge is 0.0197 e. The Bertz CT molecular complexity index is 421. The summed E-state index contributed by atoms with van der Waals surface area (Å²) in [5.74, 6) is 0. The Balaban J connectivity index is 3.18. The van der Waals surface area contributed by atoms with Gasteiger partial charge >= 0.3 is 0 Å². The molecule has 0 spiro atoms. The molecule has 134 valence electrons. The van der Waals surface area contributed by atoms with Crippen molar-refractivity contribution >= 4 is 15.8 Å².